The Morgan fingerprint density at radius 2 is 2.09 bits per heavy atom. The fraction of sp³-hybridized carbons (Fsp3) is 0.471. The second kappa shape index (κ2) is 6.50. The van der Waals surface area contributed by atoms with Gasteiger partial charge in [-0.05, 0) is 19.9 Å². The SMILES string of the molecule is Cc1nc(CNC(=O)c2cn[nH]c2C(C)(C)C)ccc1C(C)O. The summed E-state index contributed by atoms with van der Waals surface area (Å²) in [5, 5.41) is 19.4. The Morgan fingerprint density at radius 3 is 2.65 bits per heavy atom. The van der Waals surface area contributed by atoms with E-state index < -0.39 is 6.10 Å². The number of H-pyrrole nitrogens is 1. The van der Waals surface area contributed by atoms with Crippen LogP contribution in [0.15, 0.2) is 18.3 Å². The summed E-state index contributed by atoms with van der Waals surface area (Å²) in [5.74, 6) is -0.178. The molecular weight excluding hydrogens is 292 g/mol. The average Bonchev–Trinajstić information content (AvgIpc) is 2.94. The number of aromatic amines is 1. The van der Waals surface area contributed by atoms with E-state index in [1.807, 2.05) is 39.8 Å². The number of amides is 1. The van der Waals surface area contributed by atoms with Gasteiger partial charge >= 0.3 is 0 Å². The van der Waals surface area contributed by atoms with Crippen LogP contribution in [0.2, 0.25) is 0 Å². The number of aryl methyl sites for hydroxylation is 1. The Kier molecular flexibility index (Phi) is 4.85. The van der Waals surface area contributed by atoms with Crippen LogP contribution in [-0.2, 0) is 12.0 Å². The molecule has 1 amide bonds. The number of aliphatic hydroxyl groups is 1. The van der Waals surface area contributed by atoms with Gasteiger partial charge in [-0.25, -0.2) is 0 Å². The third-order valence-corrected chi connectivity index (χ3v) is 3.70. The molecule has 6 heteroatoms. The first kappa shape index (κ1) is 17.1. The van der Waals surface area contributed by atoms with Gasteiger partial charge in [0.2, 0.25) is 0 Å². The summed E-state index contributed by atoms with van der Waals surface area (Å²) >= 11 is 0. The lowest BCUT2D eigenvalue weighted by atomic mass is 9.89. The molecule has 2 heterocycles. The number of hydrogen-bond donors (Lipinski definition) is 3. The van der Waals surface area contributed by atoms with E-state index >= 15 is 0 Å². The van der Waals surface area contributed by atoms with Crippen molar-refractivity contribution in [2.45, 2.75) is 52.7 Å². The molecule has 0 fully saturated rings. The van der Waals surface area contributed by atoms with Gasteiger partial charge in [0.05, 0.1) is 35.8 Å². The summed E-state index contributed by atoms with van der Waals surface area (Å²) in [7, 11) is 0. The van der Waals surface area contributed by atoms with Crippen molar-refractivity contribution >= 4 is 5.91 Å². The van der Waals surface area contributed by atoms with E-state index in [2.05, 4.69) is 20.5 Å². The predicted molar refractivity (Wildman–Crippen MR) is 88.1 cm³/mol. The van der Waals surface area contributed by atoms with Crippen LogP contribution in [0, 0.1) is 6.92 Å². The molecule has 0 aliphatic heterocycles. The highest BCUT2D eigenvalue weighted by atomic mass is 16.3. The van der Waals surface area contributed by atoms with Gasteiger partial charge in [0.1, 0.15) is 0 Å². The minimum atomic E-state index is -0.550. The number of nitrogens with one attached hydrogen (secondary N) is 2. The number of aliphatic hydroxyl groups excluding tert-OH is 1. The van der Waals surface area contributed by atoms with Crippen LogP contribution in [0.1, 0.15) is 66.8 Å². The van der Waals surface area contributed by atoms with Crippen LogP contribution < -0.4 is 5.32 Å². The third kappa shape index (κ3) is 3.96. The van der Waals surface area contributed by atoms with E-state index in [1.165, 1.54) is 0 Å². The molecule has 1 unspecified atom stereocenters. The lowest BCUT2D eigenvalue weighted by Crippen LogP contribution is -2.26. The van der Waals surface area contributed by atoms with Crippen LogP contribution in [-0.4, -0.2) is 26.2 Å². The van der Waals surface area contributed by atoms with Crippen molar-refractivity contribution in [3.63, 3.8) is 0 Å². The summed E-state index contributed by atoms with van der Waals surface area (Å²) < 4.78 is 0. The topological polar surface area (TPSA) is 90.9 Å². The molecule has 0 saturated heterocycles. The second-order valence-electron chi connectivity index (χ2n) is 6.74. The third-order valence-electron chi connectivity index (χ3n) is 3.70. The van der Waals surface area contributed by atoms with E-state index in [-0.39, 0.29) is 11.3 Å². The Morgan fingerprint density at radius 1 is 1.39 bits per heavy atom. The fourth-order valence-electron chi connectivity index (χ4n) is 2.46. The standard InChI is InChI=1S/C17H24N4O2/c1-10-13(11(2)22)7-6-12(20-10)8-18-16(23)14-9-19-21-15(14)17(3,4)5/h6-7,9,11,22H,8H2,1-5H3,(H,18,23)(H,19,21). The molecule has 2 aromatic rings. The molecule has 0 aliphatic carbocycles. The molecule has 0 bridgehead atoms. The molecule has 0 saturated carbocycles. The number of hydrogen-bond acceptors (Lipinski definition) is 4. The summed E-state index contributed by atoms with van der Waals surface area (Å²) in [6.45, 7) is 9.96. The molecule has 0 aliphatic rings. The molecule has 6 nitrogen and oxygen atoms in total. The fourth-order valence-corrected chi connectivity index (χ4v) is 2.46. The van der Waals surface area contributed by atoms with E-state index in [9.17, 15) is 9.90 Å². The van der Waals surface area contributed by atoms with Gasteiger partial charge < -0.3 is 10.4 Å². The smallest absolute Gasteiger partial charge is 0.255 e. The zero-order valence-electron chi connectivity index (χ0n) is 14.3. The summed E-state index contributed by atoms with van der Waals surface area (Å²) in [6, 6.07) is 3.66. The summed E-state index contributed by atoms with van der Waals surface area (Å²) in [5.41, 5.74) is 3.49. The molecule has 2 aromatic heterocycles. The molecule has 0 spiro atoms. The van der Waals surface area contributed by atoms with E-state index in [0.29, 0.717) is 12.1 Å². The molecule has 0 aromatic carbocycles. The van der Waals surface area contributed by atoms with Gasteiger partial charge in [-0.3, -0.25) is 14.9 Å². The molecule has 2 rings (SSSR count). The average molecular weight is 316 g/mol. The van der Waals surface area contributed by atoms with Gasteiger partial charge in [0.25, 0.3) is 5.91 Å². The lowest BCUT2D eigenvalue weighted by Gasteiger charge is -2.18. The number of pyridine rings is 1. The predicted octanol–water partition coefficient (Wildman–Crippen LogP) is 2.39. The minimum absolute atomic E-state index is 0.178. The first-order chi connectivity index (χ1) is 10.7. The number of rotatable bonds is 4. The minimum Gasteiger partial charge on any atom is -0.389 e. The van der Waals surface area contributed by atoms with Crippen molar-refractivity contribution in [1.82, 2.24) is 20.5 Å². The van der Waals surface area contributed by atoms with Crippen LogP contribution in [0.5, 0.6) is 0 Å². The Labute approximate surface area is 136 Å². The highest BCUT2D eigenvalue weighted by Crippen LogP contribution is 2.23. The Bertz CT molecular complexity index is 699. The van der Waals surface area contributed by atoms with Crippen molar-refractivity contribution in [3.8, 4) is 0 Å². The number of nitrogens with zero attached hydrogens (tertiary/aromatic N) is 2. The molecular formula is C17H24N4O2. The highest BCUT2D eigenvalue weighted by molar-refractivity contribution is 5.95. The van der Waals surface area contributed by atoms with Gasteiger partial charge in [-0.2, -0.15) is 5.10 Å². The summed E-state index contributed by atoms with van der Waals surface area (Å²) in [4.78, 5) is 16.8. The molecule has 0 radical (unpaired) electrons. The Hall–Kier alpha value is -2.21. The van der Waals surface area contributed by atoms with Crippen LogP contribution >= 0.6 is 0 Å². The monoisotopic (exact) mass is 316 g/mol. The van der Waals surface area contributed by atoms with Crippen molar-refractivity contribution in [2.75, 3.05) is 0 Å². The molecule has 124 valence electrons. The molecule has 3 N–H and O–H groups in total. The maximum atomic E-state index is 12.4. The van der Waals surface area contributed by atoms with E-state index in [4.69, 9.17) is 0 Å². The lowest BCUT2D eigenvalue weighted by molar-refractivity contribution is 0.0948. The first-order valence-electron chi connectivity index (χ1n) is 7.66. The number of carbonyl (C=O) groups excluding carboxylic acids is 1. The van der Waals surface area contributed by atoms with Crippen LogP contribution in [0.25, 0.3) is 0 Å². The van der Waals surface area contributed by atoms with Gasteiger partial charge in [-0.15, -0.1) is 0 Å². The van der Waals surface area contributed by atoms with Gasteiger partial charge in [-0.1, -0.05) is 26.8 Å². The quantitative estimate of drug-likeness (QED) is 0.808. The zero-order chi connectivity index (χ0) is 17.2. The van der Waals surface area contributed by atoms with Crippen molar-refractivity contribution in [3.05, 3.63) is 46.5 Å². The normalized spacial score (nSPS) is 13.0. The molecule has 1 atom stereocenters. The van der Waals surface area contributed by atoms with E-state index in [0.717, 1.165) is 22.6 Å². The van der Waals surface area contributed by atoms with Crippen molar-refractivity contribution < 1.29 is 9.90 Å². The second-order valence-corrected chi connectivity index (χ2v) is 6.74. The van der Waals surface area contributed by atoms with Gasteiger partial charge in [0, 0.05) is 16.7 Å². The van der Waals surface area contributed by atoms with Crippen LogP contribution in [0.4, 0.5) is 0 Å². The summed E-state index contributed by atoms with van der Waals surface area (Å²) in [6.07, 6.45) is 0.997. The maximum Gasteiger partial charge on any atom is 0.255 e. The largest absolute Gasteiger partial charge is 0.389 e. The van der Waals surface area contributed by atoms with E-state index in [1.54, 1.807) is 13.1 Å². The number of carbonyl (C=O) groups is 1. The van der Waals surface area contributed by atoms with Crippen molar-refractivity contribution in [1.29, 1.82) is 0 Å². The first-order valence-corrected chi connectivity index (χ1v) is 7.66. The highest BCUT2D eigenvalue weighted by Gasteiger charge is 2.23. The zero-order valence-corrected chi connectivity index (χ0v) is 14.3. The molecule has 23 heavy (non-hydrogen) atoms. The van der Waals surface area contributed by atoms with Gasteiger partial charge in [0.15, 0.2) is 0 Å². The maximum absolute atomic E-state index is 12.4. The van der Waals surface area contributed by atoms with Crippen molar-refractivity contribution in [2.24, 2.45) is 0 Å². The Balaban J connectivity index is 2.08. The van der Waals surface area contributed by atoms with Crippen LogP contribution in [0.3, 0.4) is 0 Å². The number of aromatic nitrogens is 3.